The molecule has 2 aromatic rings. The molecule has 0 aromatic heterocycles. The van der Waals surface area contributed by atoms with Crippen LogP contribution in [0.4, 0.5) is 17.1 Å². The third kappa shape index (κ3) is 3.97. The van der Waals surface area contributed by atoms with Crippen molar-refractivity contribution in [2.75, 3.05) is 24.1 Å². The summed E-state index contributed by atoms with van der Waals surface area (Å²) in [5.74, 6) is 0. The van der Waals surface area contributed by atoms with Crippen LogP contribution in [0.2, 0.25) is 0 Å². The predicted molar refractivity (Wildman–Crippen MR) is 87.1 cm³/mol. The Kier molecular flexibility index (Phi) is 4.65. The summed E-state index contributed by atoms with van der Waals surface area (Å²) in [6, 6.07) is 16.0. The largest absolute Gasteiger partial charge is 0.355 e. The molecule has 114 valence electrons. The van der Waals surface area contributed by atoms with Crippen molar-refractivity contribution in [2.45, 2.75) is 0 Å². The van der Waals surface area contributed by atoms with Gasteiger partial charge in [-0.05, 0) is 42.5 Å². The smallest absolute Gasteiger partial charge is 0.301 e. The van der Waals surface area contributed by atoms with E-state index in [-0.39, 0.29) is 0 Å². The molecule has 0 unspecified atom stereocenters. The van der Waals surface area contributed by atoms with Crippen LogP contribution in [0, 0.1) is 11.3 Å². The second-order valence-corrected chi connectivity index (χ2v) is 6.67. The van der Waals surface area contributed by atoms with E-state index in [4.69, 9.17) is 5.26 Å². The first-order valence-corrected chi connectivity index (χ1v) is 7.92. The fourth-order valence-electron chi connectivity index (χ4n) is 1.69. The van der Waals surface area contributed by atoms with Crippen LogP contribution in [0.1, 0.15) is 5.56 Å². The molecular formula is C15H16N4O2S. The first-order chi connectivity index (χ1) is 10.4. The number of anilines is 3. The number of hydrogen-bond acceptors (Lipinski definition) is 4. The average molecular weight is 316 g/mol. The summed E-state index contributed by atoms with van der Waals surface area (Å²) in [5.41, 5.74) is 2.63. The van der Waals surface area contributed by atoms with Crippen LogP contribution < -0.4 is 10.0 Å². The molecule has 0 heterocycles. The normalized spacial score (nSPS) is 11.0. The topological polar surface area (TPSA) is 85.2 Å². The second-order valence-electron chi connectivity index (χ2n) is 4.78. The Hall–Kier alpha value is -2.56. The van der Waals surface area contributed by atoms with E-state index in [9.17, 15) is 8.42 Å². The van der Waals surface area contributed by atoms with E-state index in [2.05, 4.69) is 16.1 Å². The van der Waals surface area contributed by atoms with Crippen molar-refractivity contribution in [1.29, 1.82) is 5.26 Å². The molecule has 0 aliphatic rings. The summed E-state index contributed by atoms with van der Waals surface area (Å²) in [6.07, 6.45) is 0. The Morgan fingerprint density at radius 1 is 1.00 bits per heavy atom. The highest BCUT2D eigenvalue weighted by Crippen LogP contribution is 2.20. The first-order valence-electron chi connectivity index (χ1n) is 6.48. The van der Waals surface area contributed by atoms with E-state index < -0.39 is 10.2 Å². The van der Waals surface area contributed by atoms with Crippen LogP contribution >= 0.6 is 0 Å². The minimum atomic E-state index is -3.51. The van der Waals surface area contributed by atoms with Crippen LogP contribution in [-0.2, 0) is 10.2 Å². The predicted octanol–water partition coefficient (Wildman–Crippen LogP) is 2.52. The van der Waals surface area contributed by atoms with Crippen molar-refractivity contribution in [2.24, 2.45) is 0 Å². The van der Waals surface area contributed by atoms with Gasteiger partial charge < -0.3 is 5.32 Å². The molecule has 0 fully saturated rings. The third-order valence-electron chi connectivity index (χ3n) is 2.89. The fourth-order valence-corrected chi connectivity index (χ4v) is 2.31. The lowest BCUT2D eigenvalue weighted by Crippen LogP contribution is -2.28. The molecule has 0 saturated carbocycles. The number of rotatable bonds is 5. The Labute approximate surface area is 130 Å². The zero-order valence-corrected chi connectivity index (χ0v) is 13.1. The Morgan fingerprint density at radius 2 is 1.64 bits per heavy atom. The molecule has 0 saturated heterocycles. The second kappa shape index (κ2) is 6.47. The van der Waals surface area contributed by atoms with Crippen molar-refractivity contribution < 1.29 is 8.42 Å². The molecular weight excluding hydrogens is 300 g/mol. The van der Waals surface area contributed by atoms with E-state index in [1.807, 2.05) is 6.07 Å². The Bertz CT molecular complexity index is 793. The van der Waals surface area contributed by atoms with E-state index in [0.717, 1.165) is 15.7 Å². The SMILES string of the molecule is CN(C)S(=O)(=O)Nc1ccc(Nc2cccc(C#N)c2)cc1. The summed E-state index contributed by atoms with van der Waals surface area (Å²) in [4.78, 5) is 0. The highest BCUT2D eigenvalue weighted by Gasteiger charge is 2.12. The van der Waals surface area contributed by atoms with Gasteiger partial charge in [-0.25, -0.2) is 0 Å². The maximum atomic E-state index is 11.7. The Balaban J connectivity index is 2.11. The van der Waals surface area contributed by atoms with Crippen LogP contribution in [0.15, 0.2) is 48.5 Å². The molecule has 2 aromatic carbocycles. The summed E-state index contributed by atoms with van der Waals surface area (Å²) in [6.45, 7) is 0. The number of hydrogen-bond donors (Lipinski definition) is 2. The van der Waals surface area contributed by atoms with E-state index in [0.29, 0.717) is 11.3 Å². The van der Waals surface area contributed by atoms with Crippen LogP contribution in [0.3, 0.4) is 0 Å². The summed E-state index contributed by atoms with van der Waals surface area (Å²) in [7, 11) is -0.588. The first kappa shape index (κ1) is 15.8. The molecule has 7 heteroatoms. The molecule has 6 nitrogen and oxygen atoms in total. The highest BCUT2D eigenvalue weighted by atomic mass is 32.2. The van der Waals surface area contributed by atoms with Gasteiger partial charge in [-0.1, -0.05) is 6.07 Å². The van der Waals surface area contributed by atoms with Gasteiger partial charge in [0.15, 0.2) is 0 Å². The van der Waals surface area contributed by atoms with E-state index in [1.165, 1.54) is 14.1 Å². The van der Waals surface area contributed by atoms with Crippen molar-refractivity contribution >= 4 is 27.3 Å². The molecule has 0 amide bonds. The zero-order chi connectivity index (χ0) is 16.2. The van der Waals surface area contributed by atoms with Crippen molar-refractivity contribution in [1.82, 2.24) is 4.31 Å². The minimum absolute atomic E-state index is 0.477. The van der Waals surface area contributed by atoms with Crippen LogP contribution in [-0.4, -0.2) is 26.8 Å². The molecule has 0 aliphatic heterocycles. The van der Waals surface area contributed by atoms with Gasteiger partial charge in [-0.2, -0.15) is 18.0 Å². The van der Waals surface area contributed by atoms with Gasteiger partial charge in [0.05, 0.1) is 11.6 Å². The molecule has 0 atom stereocenters. The lowest BCUT2D eigenvalue weighted by atomic mass is 10.2. The van der Waals surface area contributed by atoms with E-state index in [1.54, 1.807) is 42.5 Å². The lowest BCUT2D eigenvalue weighted by Gasteiger charge is -2.14. The molecule has 0 spiro atoms. The molecule has 0 aliphatic carbocycles. The number of nitrogens with one attached hydrogen (secondary N) is 2. The average Bonchev–Trinajstić information content (AvgIpc) is 2.49. The summed E-state index contributed by atoms with van der Waals surface area (Å²) in [5, 5.41) is 12.0. The van der Waals surface area contributed by atoms with Crippen molar-refractivity contribution in [3.63, 3.8) is 0 Å². The lowest BCUT2D eigenvalue weighted by molar-refractivity contribution is 0.527. The van der Waals surface area contributed by atoms with Crippen LogP contribution in [0.25, 0.3) is 0 Å². The quantitative estimate of drug-likeness (QED) is 0.887. The van der Waals surface area contributed by atoms with Gasteiger partial charge in [-0.15, -0.1) is 0 Å². The number of nitrogens with zero attached hydrogens (tertiary/aromatic N) is 2. The van der Waals surface area contributed by atoms with Gasteiger partial charge in [0.2, 0.25) is 0 Å². The third-order valence-corrected chi connectivity index (χ3v) is 4.35. The van der Waals surface area contributed by atoms with Gasteiger partial charge in [0, 0.05) is 31.2 Å². The number of nitriles is 1. The van der Waals surface area contributed by atoms with Gasteiger partial charge >= 0.3 is 10.2 Å². The minimum Gasteiger partial charge on any atom is -0.355 e. The monoisotopic (exact) mass is 316 g/mol. The zero-order valence-electron chi connectivity index (χ0n) is 12.2. The maximum absolute atomic E-state index is 11.7. The molecule has 2 rings (SSSR count). The fraction of sp³-hybridized carbons (Fsp3) is 0.133. The van der Waals surface area contributed by atoms with Crippen molar-refractivity contribution in [3.8, 4) is 6.07 Å². The number of benzene rings is 2. The van der Waals surface area contributed by atoms with Gasteiger partial charge in [0.1, 0.15) is 0 Å². The Morgan fingerprint density at radius 3 is 2.23 bits per heavy atom. The maximum Gasteiger partial charge on any atom is 0.301 e. The van der Waals surface area contributed by atoms with Crippen LogP contribution in [0.5, 0.6) is 0 Å². The van der Waals surface area contributed by atoms with E-state index >= 15 is 0 Å². The molecule has 0 radical (unpaired) electrons. The van der Waals surface area contributed by atoms with Gasteiger partial charge in [-0.3, -0.25) is 4.72 Å². The molecule has 0 bridgehead atoms. The molecule has 2 N–H and O–H groups in total. The summed E-state index contributed by atoms with van der Waals surface area (Å²) >= 11 is 0. The summed E-state index contributed by atoms with van der Waals surface area (Å²) < 4.78 is 27.0. The standard InChI is InChI=1S/C15H16N4O2S/c1-19(2)22(20,21)18-14-8-6-13(7-9-14)17-15-5-3-4-12(10-15)11-16/h3-10,17-18H,1-2H3. The highest BCUT2D eigenvalue weighted by molar-refractivity contribution is 7.90. The molecule has 22 heavy (non-hydrogen) atoms. The van der Waals surface area contributed by atoms with Gasteiger partial charge in [0.25, 0.3) is 0 Å². The van der Waals surface area contributed by atoms with Crippen molar-refractivity contribution in [3.05, 3.63) is 54.1 Å².